The summed E-state index contributed by atoms with van der Waals surface area (Å²) in [6.07, 6.45) is 0. The Labute approximate surface area is 129 Å². The van der Waals surface area contributed by atoms with Crippen molar-refractivity contribution in [1.29, 1.82) is 0 Å². The van der Waals surface area contributed by atoms with Crippen LogP contribution in [0.2, 0.25) is 0 Å². The maximum absolute atomic E-state index is 11.9. The predicted molar refractivity (Wildman–Crippen MR) is 86.0 cm³/mol. The van der Waals surface area contributed by atoms with Crippen molar-refractivity contribution < 1.29 is 9.53 Å². The number of aliphatic imine (C=N–C) groups is 1. The van der Waals surface area contributed by atoms with Crippen LogP contribution in [0.4, 0.5) is 11.4 Å². The number of hydrogen-bond donors (Lipinski definition) is 0. The first-order chi connectivity index (χ1) is 10.6. The van der Waals surface area contributed by atoms with E-state index < -0.39 is 5.97 Å². The van der Waals surface area contributed by atoms with E-state index in [0.717, 1.165) is 11.1 Å². The van der Waals surface area contributed by atoms with Crippen molar-refractivity contribution in [3.05, 3.63) is 59.7 Å². The highest BCUT2D eigenvalue weighted by Crippen LogP contribution is 2.23. The van der Waals surface area contributed by atoms with Gasteiger partial charge in [0.25, 0.3) is 5.84 Å². The fourth-order valence-corrected chi connectivity index (χ4v) is 1.89. The first-order valence-electron chi connectivity index (χ1n) is 6.82. The normalized spacial score (nSPS) is 11.7. The Hall–Kier alpha value is -2.82. The number of amidine groups is 1. The van der Waals surface area contributed by atoms with Gasteiger partial charge in [0.15, 0.2) is 0 Å². The van der Waals surface area contributed by atoms with Gasteiger partial charge in [-0.1, -0.05) is 36.4 Å². The van der Waals surface area contributed by atoms with E-state index in [1.165, 1.54) is 7.11 Å². The van der Waals surface area contributed by atoms with E-state index in [1.54, 1.807) is 12.1 Å². The van der Waals surface area contributed by atoms with E-state index in [0.29, 0.717) is 11.4 Å². The number of para-hydroxylation sites is 1. The van der Waals surface area contributed by atoms with Gasteiger partial charge >= 0.3 is 5.97 Å². The molecular weight excluding hydrogens is 278 g/mol. The highest BCUT2D eigenvalue weighted by atomic mass is 16.5. The van der Waals surface area contributed by atoms with Gasteiger partial charge in [0.2, 0.25) is 0 Å². The molecule has 0 fully saturated rings. The summed E-state index contributed by atoms with van der Waals surface area (Å²) in [7, 11) is 1.29. The van der Waals surface area contributed by atoms with Crippen LogP contribution >= 0.6 is 0 Å². The molecule has 5 nitrogen and oxygen atoms in total. The van der Waals surface area contributed by atoms with Crippen molar-refractivity contribution in [2.75, 3.05) is 7.11 Å². The second-order valence-corrected chi connectivity index (χ2v) is 4.70. The molecule has 5 heteroatoms. The average Bonchev–Trinajstić information content (AvgIpc) is 2.54. The fraction of sp³-hybridized carbons (Fsp3) is 0.176. The van der Waals surface area contributed by atoms with E-state index in [4.69, 9.17) is 4.74 Å². The Balaban J connectivity index is 2.41. The van der Waals surface area contributed by atoms with Crippen LogP contribution in [0.25, 0.3) is 0 Å². The largest absolute Gasteiger partial charge is 0.463 e. The van der Waals surface area contributed by atoms with Gasteiger partial charge < -0.3 is 4.74 Å². The molecule has 0 aromatic heterocycles. The summed E-state index contributed by atoms with van der Waals surface area (Å²) in [4.78, 5) is 16.2. The zero-order chi connectivity index (χ0) is 15.9. The van der Waals surface area contributed by atoms with Crippen molar-refractivity contribution in [3.63, 3.8) is 0 Å². The first-order valence-corrected chi connectivity index (χ1v) is 6.82. The molecule has 0 saturated carbocycles. The van der Waals surface area contributed by atoms with E-state index in [2.05, 4.69) is 15.2 Å². The molecule has 0 N–H and O–H groups in total. The Bertz CT molecular complexity index is 702. The summed E-state index contributed by atoms with van der Waals surface area (Å²) < 4.78 is 4.73. The third-order valence-electron chi connectivity index (χ3n) is 3.04. The third-order valence-corrected chi connectivity index (χ3v) is 3.04. The summed E-state index contributed by atoms with van der Waals surface area (Å²) in [6, 6.07) is 14.9. The monoisotopic (exact) mass is 295 g/mol. The van der Waals surface area contributed by atoms with Crippen molar-refractivity contribution in [3.8, 4) is 0 Å². The minimum Gasteiger partial charge on any atom is -0.463 e. The SMILES string of the molecule is COC(=O)C(N=Nc1ccccc1)=Nc1c(C)cccc1C. The Morgan fingerprint density at radius 2 is 1.59 bits per heavy atom. The van der Waals surface area contributed by atoms with Crippen LogP contribution in [0, 0.1) is 13.8 Å². The van der Waals surface area contributed by atoms with Crippen LogP contribution in [-0.2, 0) is 9.53 Å². The number of azo groups is 1. The first kappa shape index (κ1) is 15.6. The number of ether oxygens (including phenoxy) is 1. The average molecular weight is 295 g/mol. The Kier molecular flexibility index (Phi) is 5.14. The molecule has 0 saturated heterocycles. The number of rotatable bonds is 2. The number of aryl methyl sites for hydroxylation is 2. The van der Waals surface area contributed by atoms with Crippen molar-refractivity contribution >= 4 is 23.2 Å². The zero-order valence-corrected chi connectivity index (χ0v) is 12.8. The molecule has 0 aliphatic heterocycles. The minimum absolute atomic E-state index is 0.0799. The second kappa shape index (κ2) is 7.26. The lowest BCUT2D eigenvalue weighted by Gasteiger charge is -2.05. The number of carbonyl (C=O) groups excluding carboxylic acids is 1. The standard InChI is InChI=1S/C17H17N3O2/c1-12-8-7-9-13(2)15(12)18-16(17(21)22-3)20-19-14-10-5-4-6-11-14/h4-11H,1-3H3. The van der Waals surface area contributed by atoms with E-state index in [9.17, 15) is 4.79 Å². The van der Waals surface area contributed by atoms with Crippen LogP contribution in [0.1, 0.15) is 11.1 Å². The molecule has 2 rings (SSSR count). The molecule has 2 aromatic rings. The van der Waals surface area contributed by atoms with Crippen molar-refractivity contribution in [1.82, 2.24) is 0 Å². The summed E-state index contributed by atoms with van der Waals surface area (Å²) in [5.41, 5.74) is 3.25. The minimum atomic E-state index is -0.623. The van der Waals surface area contributed by atoms with Crippen LogP contribution < -0.4 is 0 Å². The van der Waals surface area contributed by atoms with Crippen molar-refractivity contribution in [2.24, 2.45) is 15.2 Å². The lowest BCUT2D eigenvalue weighted by atomic mass is 10.1. The van der Waals surface area contributed by atoms with E-state index >= 15 is 0 Å². The molecule has 22 heavy (non-hydrogen) atoms. The molecule has 0 unspecified atom stereocenters. The second-order valence-electron chi connectivity index (χ2n) is 4.70. The van der Waals surface area contributed by atoms with Gasteiger partial charge in [-0.25, -0.2) is 9.79 Å². The topological polar surface area (TPSA) is 63.4 Å². The number of benzene rings is 2. The Morgan fingerprint density at radius 1 is 0.955 bits per heavy atom. The highest BCUT2D eigenvalue weighted by molar-refractivity contribution is 6.36. The maximum Gasteiger partial charge on any atom is 0.378 e. The number of methoxy groups -OCH3 is 1. The molecular formula is C17H17N3O2. The maximum atomic E-state index is 11.9. The molecule has 0 aliphatic carbocycles. The fourth-order valence-electron chi connectivity index (χ4n) is 1.89. The van der Waals surface area contributed by atoms with Gasteiger partial charge in [-0.3, -0.25) is 0 Å². The van der Waals surface area contributed by atoms with Crippen LogP contribution in [-0.4, -0.2) is 18.9 Å². The number of hydrogen-bond acceptors (Lipinski definition) is 4. The van der Waals surface area contributed by atoms with Gasteiger partial charge in [-0.05, 0) is 37.1 Å². The van der Waals surface area contributed by atoms with Gasteiger partial charge in [0.05, 0.1) is 18.5 Å². The van der Waals surface area contributed by atoms with Gasteiger partial charge in [0, 0.05) is 0 Å². The van der Waals surface area contributed by atoms with E-state index in [-0.39, 0.29) is 5.84 Å². The number of nitrogens with zero attached hydrogens (tertiary/aromatic N) is 3. The quantitative estimate of drug-likeness (QED) is 0.359. The van der Waals surface area contributed by atoms with Crippen LogP contribution in [0.15, 0.2) is 63.8 Å². The lowest BCUT2D eigenvalue weighted by molar-refractivity contribution is -0.132. The molecule has 0 atom stereocenters. The lowest BCUT2D eigenvalue weighted by Crippen LogP contribution is -2.12. The summed E-state index contributed by atoms with van der Waals surface area (Å²) in [5.74, 6) is -0.703. The number of esters is 1. The summed E-state index contributed by atoms with van der Waals surface area (Å²) in [5, 5.41) is 7.97. The molecule has 0 aliphatic rings. The molecule has 0 radical (unpaired) electrons. The smallest absolute Gasteiger partial charge is 0.378 e. The molecule has 0 heterocycles. The summed E-state index contributed by atoms with van der Waals surface area (Å²) in [6.45, 7) is 3.85. The van der Waals surface area contributed by atoms with Crippen LogP contribution in [0.5, 0.6) is 0 Å². The molecule has 0 spiro atoms. The predicted octanol–water partition coefficient (Wildman–Crippen LogP) is 4.29. The zero-order valence-electron chi connectivity index (χ0n) is 12.8. The van der Waals surface area contributed by atoms with Crippen molar-refractivity contribution in [2.45, 2.75) is 13.8 Å². The molecule has 0 amide bonds. The van der Waals surface area contributed by atoms with Gasteiger partial charge in [-0.2, -0.15) is 0 Å². The Morgan fingerprint density at radius 3 is 2.18 bits per heavy atom. The highest BCUT2D eigenvalue weighted by Gasteiger charge is 2.13. The summed E-state index contributed by atoms with van der Waals surface area (Å²) >= 11 is 0. The van der Waals surface area contributed by atoms with Crippen LogP contribution in [0.3, 0.4) is 0 Å². The molecule has 2 aromatic carbocycles. The van der Waals surface area contributed by atoms with Gasteiger partial charge in [-0.15, -0.1) is 10.2 Å². The molecule has 112 valence electrons. The number of carbonyl (C=O) groups is 1. The molecule has 0 bridgehead atoms. The third kappa shape index (κ3) is 3.85. The van der Waals surface area contributed by atoms with E-state index in [1.807, 2.05) is 50.2 Å². The van der Waals surface area contributed by atoms with Gasteiger partial charge in [0.1, 0.15) is 0 Å².